The molecule has 1 N–H and O–H groups in total. The van der Waals surface area contributed by atoms with Crippen molar-refractivity contribution in [3.63, 3.8) is 0 Å². The zero-order valence-electron chi connectivity index (χ0n) is 15.6. The van der Waals surface area contributed by atoms with Crippen LogP contribution in [0.25, 0.3) is 0 Å². The molecule has 6 nitrogen and oxygen atoms in total. The number of ether oxygens (including phenoxy) is 1. The lowest BCUT2D eigenvalue weighted by Gasteiger charge is -2.38. The molecule has 2 rings (SSSR count). The predicted octanol–water partition coefficient (Wildman–Crippen LogP) is 2.33. The summed E-state index contributed by atoms with van der Waals surface area (Å²) in [6, 6.07) is 0. The summed E-state index contributed by atoms with van der Waals surface area (Å²) in [5.74, 6) is 1.22. The number of hydrogen-bond donors (Lipinski definition) is 1. The first-order valence-corrected chi connectivity index (χ1v) is 11.2. The van der Waals surface area contributed by atoms with Crippen LogP contribution in [0.4, 0.5) is 8.78 Å². The SMILES string of the molecule is C#C[C@@]1(CO[Si](C)(C)C(C)(C)C)C[C@H](F)[C@H](n2cc(F)c(=O)[nH]c2=O)O1. The molecule has 3 atom stereocenters. The maximum Gasteiger partial charge on any atom is 0.330 e. The maximum atomic E-state index is 14.6. The van der Waals surface area contributed by atoms with Gasteiger partial charge in [0.05, 0.1) is 12.8 Å². The van der Waals surface area contributed by atoms with E-state index in [0.717, 1.165) is 0 Å². The molecule has 26 heavy (non-hydrogen) atoms. The van der Waals surface area contributed by atoms with Gasteiger partial charge < -0.3 is 9.16 Å². The van der Waals surface area contributed by atoms with E-state index in [4.69, 9.17) is 15.6 Å². The van der Waals surface area contributed by atoms with Crippen LogP contribution in [0.2, 0.25) is 18.1 Å². The van der Waals surface area contributed by atoms with Crippen LogP contribution in [0.1, 0.15) is 33.4 Å². The fourth-order valence-corrected chi connectivity index (χ4v) is 3.42. The molecular weight excluding hydrogens is 362 g/mol. The number of nitrogens with zero attached hydrogens (tertiary/aromatic N) is 1. The van der Waals surface area contributed by atoms with Crippen LogP contribution >= 0.6 is 0 Å². The normalized spacial score (nSPS) is 26.7. The zero-order chi connectivity index (χ0) is 19.9. The van der Waals surface area contributed by atoms with Gasteiger partial charge in [-0.3, -0.25) is 14.3 Å². The first-order chi connectivity index (χ1) is 11.8. The molecule has 9 heteroatoms. The Morgan fingerprint density at radius 1 is 1.50 bits per heavy atom. The van der Waals surface area contributed by atoms with E-state index < -0.39 is 43.4 Å². The van der Waals surface area contributed by atoms with Crippen molar-refractivity contribution in [2.24, 2.45) is 0 Å². The van der Waals surface area contributed by atoms with Crippen molar-refractivity contribution in [3.8, 4) is 12.3 Å². The standard InChI is InChI=1S/C17H24F2N2O4Si/c1-7-17(10-24-26(5,6)16(2,3)4)8-11(18)14(25-17)21-9-12(19)13(22)20-15(21)23/h1,9,11,14H,8,10H2,2-6H3,(H,20,22,23)/t11-,14+,17-/m0/s1. The summed E-state index contributed by atoms with van der Waals surface area (Å²) in [7, 11) is -2.16. The fourth-order valence-electron chi connectivity index (χ4n) is 2.39. The summed E-state index contributed by atoms with van der Waals surface area (Å²) >= 11 is 0. The van der Waals surface area contributed by atoms with E-state index in [1.165, 1.54) is 0 Å². The van der Waals surface area contributed by atoms with Crippen LogP contribution in [0.5, 0.6) is 0 Å². The predicted molar refractivity (Wildman–Crippen MR) is 95.6 cm³/mol. The number of aromatic amines is 1. The van der Waals surface area contributed by atoms with Gasteiger partial charge in [-0.05, 0) is 18.1 Å². The van der Waals surface area contributed by atoms with Crippen LogP contribution < -0.4 is 11.2 Å². The molecule has 1 aromatic heterocycles. The van der Waals surface area contributed by atoms with Crippen LogP contribution in [0, 0.1) is 18.2 Å². The van der Waals surface area contributed by atoms with E-state index >= 15 is 0 Å². The molecule has 0 bridgehead atoms. The smallest absolute Gasteiger partial charge is 0.330 e. The molecule has 1 saturated heterocycles. The number of alkyl halides is 1. The van der Waals surface area contributed by atoms with E-state index in [-0.39, 0.29) is 18.1 Å². The summed E-state index contributed by atoms with van der Waals surface area (Å²) in [5.41, 5.74) is -3.52. The van der Waals surface area contributed by atoms with Crippen LogP contribution in [-0.4, -0.2) is 36.2 Å². The van der Waals surface area contributed by atoms with Crippen molar-refractivity contribution in [2.45, 2.75) is 63.3 Å². The van der Waals surface area contributed by atoms with Gasteiger partial charge >= 0.3 is 5.69 Å². The zero-order valence-corrected chi connectivity index (χ0v) is 16.6. The number of nitrogens with one attached hydrogen (secondary N) is 1. The Kier molecular flexibility index (Phi) is 5.34. The third-order valence-corrected chi connectivity index (χ3v) is 9.59. The third-order valence-electron chi connectivity index (χ3n) is 5.11. The summed E-state index contributed by atoms with van der Waals surface area (Å²) in [6.07, 6.45) is 2.91. The maximum absolute atomic E-state index is 14.6. The lowest BCUT2D eigenvalue weighted by Crippen LogP contribution is -2.46. The van der Waals surface area contributed by atoms with Gasteiger partial charge in [-0.2, -0.15) is 4.39 Å². The fraction of sp³-hybridized carbons (Fsp3) is 0.647. The number of halogens is 2. The van der Waals surface area contributed by atoms with Crippen molar-refractivity contribution in [1.29, 1.82) is 0 Å². The Hall–Kier alpha value is -1.76. The number of hydrogen-bond acceptors (Lipinski definition) is 4. The van der Waals surface area contributed by atoms with Crippen molar-refractivity contribution in [2.75, 3.05) is 6.61 Å². The Bertz CT molecular complexity index is 837. The average molecular weight is 386 g/mol. The van der Waals surface area contributed by atoms with Gasteiger partial charge in [0.1, 0.15) is 6.17 Å². The van der Waals surface area contributed by atoms with E-state index in [1.807, 2.05) is 13.1 Å². The van der Waals surface area contributed by atoms with Gasteiger partial charge in [0.25, 0.3) is 5.56 Å². The Morgan fingerprint density at radius 3 is 2.65 bits per heavy atom. The second-order valence-electron chi connectivity index (χ2n) is 8.06. The number of rotatable bonds is 4. The molecule has 0 aromatic carbocycles. The highest BCUT2D eigenvalue weighted by Crippen LogP contribution is 2.41. The second-order valence-corrected chi connectivity index (χ2v) is 12.9. The molecule has 0 amide bonds. The minimum atomic E-state index is -2.16. The quantitative estimate of drug-likeness (QED) is 0.637. The van der Waals surface area contributed by atoms with Gasteiger partial charge in [-0.1, -0.05) is 26.7 Å². The molecule has 1 aliphatic heterocycles. The summed E-state index contributed by atoms with van der Waals surface area (Å²) < 4.78 is 40.5. The number of terminal acetylenes is 1. The highest BCUT2D eigenvalue weighted by Gasteiger charge is 2.49. The van der Waals surface area contributed by atoms with Crippen LogP contribution in [0.3, 0.4) is 0 Å². The molecule has 0 aliphatic carbocycles. The second kappa shape index (κ2) is 6.76. The van der Waals surface area contributed by atoms with Crippen LogP contribution in [0.15, 0.2) is 15.8 Å². The Labute approximate surface area is 151 Å². The molecule has 0 radical (unpaired) electrons. The molecular formula is C17H24F2N2O4Si. The lowest BCUT2D eigenvalue weighted by molar-refractivity contribution is -0.0723. The van der Waals surface area contributed by atoms with Gasteiger partial charge in [-0.15, -0.1) is 6.42 Å². The monoisotopic (exact) mass is 386 g/mol. The minimum absolute atomic E-state index is 0.0303. The topological polar surface area (TPSA) is 73.3 Å². The molecule has 0 unspecified atom stereocenters. The number of aromatic nitrogens is 2. The first kappa shape index (κ1) is 20.5. The van der Waals surface area contributed by atoms with Crippen molar-refractivity contribution in [3.05, 3.63) is 32.9 Å². The van der Waals surface area contributed by atoms with E-state index in [2.05, 4.69) is 26.7 Å². The van der Waals surface area contributed by atoms with Crippen molar-refractivity contribution in [1.82, 2.24) is 9.55 Å². The molecule has 2 heterocycles. The minimum Gasteiger partial charge on any atom is -0.413 e. The number of H-pyrrole nitrogens is 1. The first-order valence-electron chi connectivity index (χ1n) is 8.26. The summed E-state index contributed by atoms with van der Waals surface area (Å²) in [5, 5.41) is -0.0745. The molecule has 1 fully saturated rings. The van der Waals surface area contributed by atoms with Crippen molar-refractivity contribution < 1.29 is 17.9 Å². The van der Waals surface area contributed by atoms with Gasteiger partial charge in [0, 0.05) is 6.42 Å². The molecule has 0 spiro atoms. The molecule has 1 aliphatic rings. The van der Waals surface area contributed by atoms with Gasteiger partial charge in [-0.25, -0.2) is 9.18 Å². The van der Waals surface area contributed by atoms with E-state index in [1.54, 1.807) is 4.98 Å². The largest absolute Gasteiger partial charge is 0.413 e. The van der Waals surface area contributed by atoms with Gasteiger partial charge in [0.15, 0.2) is 20.1 Å². The average Bonchev–Trinajstić information content (AvgIpc) is 2.85. The lowest BCUT2D eigenvalue weighted by atomic mass is 10.0. The Morgan fingerprint density at radius 2 is 2.12 bits per heavy atom. The summed E-state index contributed by atoms with van der Waals surface area (Å²) in [6.45, 7) is 10.2. The summed E-state index contributed by atoms with van der Waals surface area (Å²) in [4.78, 5) is 24.8. The van der Waals surface area contributed by atoms with Crippen LogP contribution in [-0.2, 0) is 9.16 Å². The molecule has 0 saturated carbocycles. The highest BCUT2D eigenvalue weighted by molar-refractivity contribution is 6.74. The molecule has 144 valence electrons. The highest BCUT2D eigenvalue weighted by atomic mass is 28.4. The van der Waals surface area contributed by atoms with E-state index in [0.29, 0.717) is 10.8 Å². The third kappa shape index (κ3) is 3.82. The van der Waals surface area contributed by atoms with E-state index in [9.17, 15) is 18.4 Å². The van der Waals surface area contributed by atoms with Gasteiger partial charge in [0.2, 0.25) is 5.82 Å². The molecule has 1 aromatic rings. The Balaban J connectivity index is 2.27. The van der Waals surface area contributed by atoms with Crippen molar-refractivity contribution >= 4 is 8.32 Å².